The molecule has 23 heavy (non-hydrogen) atoms. The maximum Gasteiger partial charge on any atom is 0.252 e. The molecule has 0 aliphatic carbocycles. The average Bonchev–Trinajstić information content (AvgIpc) is 2.97. The lowest BCUT2D eigenvalue weighted by Gasteiger charge is -2.18. The van der Waals surface area contributed by atoms with Crippen molar-refractivity contribution in [2.24, 2.45) is 0 Å². The number of nitrogens with zero attached hydrogens (tertiary/aromatic N) is 2. The summed E-state index contributed by atoms with van der Waals surface area (Å²) in [6.07, 6.45) is 0. The Balaban J connectivity index is 1.72. The second-order valence-electron chi connectivity index (χ2n) is 5.64. The number of hydrogen-bond acceptors (Lipinski definition) is 3. The zero-order chi connectivity index (χ0) is 16.4. The van der Waals surface area contributed by atoms with Gasteiger partial charge >= 0.3 is 0 Å². The van der Waals surface area contributed by atoms with Gasteiger partial charge in [0, 0.05) is 24.3 Å². The molecule has 0 fully saturated rings. The molecule has 0 saturated heterocycles. The number of benzene rings is 2. The maximum atomic E-state index is 13.3. The van der Waals surface area contributed by atoms with Gasteiger partial charge in [-0.2, -0.15) is 5.26 Å². The van der Waals surface area contributed by atoms with Crippen LogP contribution in [0, 0.1) is 17.1 Å². The Hall–Kier alpha value is -2.87. The van der Waals surface area contributed by atoms with Gasteiger partial charge in [0.2, 0.25) is 0 Å². The topological polar surface area (TPSA) is 56.1 Å². The molecule has 2 aromatic carbocycles. The predicted molar refractivity (Wildman–Crippen MR) is 85.3 cm³/mol. The zero-order valence-corrected chi connectivity index (χ0v) is 12.7. The van der Waals surface area contributed by atoms with E-state index in [1.54, 1.807) is 25.1 Å². The number of rotatable bonds is 3. The molecule has 1 atom stereocenters. The molecular weight excluding hydrogens is 293 g/mol. The Bertz CT molecular complexity index is 780. The van der Waals surface area contributed by atoms with E-state index >= 15 is 0 Å². The van der Waals surface area contributed by atoms with Gasteiger partial charge in [-0.15, -0.1) is 0 Å². The molecule has 1 aliphatic heterocycles. The summed E-state index contributed by atoms with van der Waals surface area (Å²) in [6.45, 7) is 3.02. The van der Waals surface area contributed by atoms with Gasteiger partial charge in [0.1, 0.15) is 11.9 Å². The minimum absolute atomic E-state index is 0.218. The van der Waals surface area contributed by atoms with Crippen LogP contribution in [0.5, 0.6) is 0 Å². The summed E-state index contributed by atoms with van der Waals surface area (Å²) in [5.74, 6) is -0.485. The Kier molecular flexibility index (Phi) is 3.98. The minimum atomic E-state index is -0.523. The summed E-state index contributed by atoms with van der Waals surface area (Å²) in [4.78, 5) is 14.1. The molecule has 0 bridgehead atoms. The van der Waals surface area contributed by atoms with Gasteiger partial charge in [0.15, 0.2) is 0 Å². The number of anilines is 1. The van der Waals surface area contributed by atoms with Crippen LogP contribution in [0.15, 0.2) is 42.5 Å². The van der Waals surface area contributed by atoms with Crippen LogP contribution in [-0.4, -0.2) is 11.9 Å². The zero-order valence-electron chi connectivity index (χ0n) is 12.7. The van der Waals surface area contributed by atoms with Gasteiger partial charge < -0.3 is 10.2 Å². The van der Waals surface area contributed by atoms with E-state index in [4.69, 9.17) is 5.26 Å². The standard InChI is InChI=1S/C18H16FN3O/c1-12(9-20)21-18(23)13-3-6-17(7-4-13)22-10-14-2-5-16(19)8-15(14)11-22/h2-8,12H,10-11H2,1H3,(H,21,23). The summed E-state index contributed by atoms with van der Waals surface area (Å²) in [5, 5.41) is 11.3. The number of hydrogen-bond donors (Lipinski definition) is 1. The number of carbonyl (C=O) groups is 1. The Morgan fingerprint density at radius 2 is 1.91 bits per heavy atom. The molecule has 4 nitrogen and oxygen atoms in total. The van der Waals surface area contributed by atoms with Gasteiger partial charge in [-0.25, -0.2) is 4.39 Å². The molecular formula is C18H16FN3O. The molecule has 1 amide bonds. The molecule has 5 heteroatoms. The minimum Gasteiger partial charge on any atom is -0.363 e. The van der Waals surface area contributed by atoms with E-state index < -0.39 is 6.04 Å². The van der Waals surface area contributed by atoms with E-state index in [-0.39, 0.29) is 11.7 Å². The van der Waals surface area contributed by atoms with Crippen molar-refractivity contribution in [1.29, 1.82) is 5.26 Å². The van der Waals surface area contributed by atoms with Gasteiger partial charge in [0.05, 0.1) is 6.07 Å². The van der Waals surface area contributed by atoms with Crippen LogP contribution >= 0.6 is 0 Å². The van der Waals surface area contributed by atoms with Crippen LogP contribution in [0.4, 0.5) is 10.1 Å². The van der Waals surface area contributed by atoms with E-state index in [1.165, 1.54) is 6.07 Å². The Morgan fingerprint density at radius 3 is 2.61 bits per heavy atom. The van der Waals surface area contributed by atoms with Crippen molar-refractivity contribution < 1.29 is 9.18 Å². The first-order chi connectivity index (χ1) is 11.1. The molecule has 3 rings (SSSR count). The monoisotopic (exact) mass is 309 g/mol. The van der Waals surface area contributed by atoms with Crippen LogP contribution in [0.1, 0.15) is 28.4 Å². The highest BCUT2D eigenvalue weighted by molar-refractivity contribution is 5.94. The summed E-state index contributed by atoms with van der Waals surface area (Å²) in [5.41, 5.74) is 3.61. The molecule has 1 heterocycles. The maximum absolute atomic E-state index is 13.3. The fraction of sp³-hybridized carbons (Fsp3) is 0.222. The quantitative estimate of drug-likeness (QED) is 0.948. The van der Waals surface area contributed by atoms with Crippen molar-refractivity contribution >= 4 is 11.6 Å². The van der Waals surface area contributed by atoms with Gasteiger partial charge in [0.25, 0.3) is 5.91 Å². The van der Waals surface area contributed by atoms with Crippen molar-refractivity contribution in [1.82, 2.24) is 5.32 Å². The lowest BCUT2D eigenvalue weighted by atomic mass is 10.1. The summed E-state index contributed by atoms with van der Waals surface area (Å²) >= 11 is 0. The third-order valence-electron chi connectivity index (χ3n) is 3.93. The van der Waals surface area contributed by atoms with Crippen molar-refractivity contribution in [3.05, 3.63) is 65.0 Å². The Labute approximate surface area is 134 Å². The SMILES string of the molecule is CC(C#N)NC(=O)c1ccc(N2Cc3ccc(F)cc3C2)cc1. The van der Waals surface area contributed by atoms with Crippen LogP contribution in [0.2, 0.25) is 0 Å². The van der Waals surface area contributed by atoms with E-state index in [0.717, 1.165) is 23.4 Å². The third-order valence-corrected chi connectivity index (χ3v) is 3.93. The van der Waals surface area contributed by atoms with Gasteiger partial charge in [-0.05, 0) is 54.4 Å². The molecule has 0 radical (unpaired) electrons. The first-order valence-electron chi connectivity index (χ1n) is 7.39. The summed E-state index contributed by atoms with van der Waals surface area (Å²) in [7, 11) is 0. The molecule has 1 unspecified atom stereocenters. The lowest BCUT2D eigenvalue weighted by Crippen LogP contribution is -2.31. The average molecular weight is 309 g/mol. The number of nitriles is 1. The predicted octanol–water partition coefficient (Wildman–Crippen LogP) is 2.99. The largest absolute Gasteiger partial charge is 0.363 e. The normalized spacial score (nSPS) is 14.0. The van der Waals surface area contributed by atoms with Gasteiger partial charge in [-0.3, -0.25) is 4.79 Å². The van der Waals surface area contributed by atoms with Crippen LogP contribution in [0.25, 0.3) is 0 Å². The molecule has 1 aliphatic rings. The Morgan fingerprint density at radius 1 is 1.22 bits per heavy atom. The van der Waals surface area contributed by atoms with E-state index in [1.807, 2.05) is 24.3 Å². The van der Waals surface area contributed by atoms with Crippen LogP contribution in [-0.2, 0) is 13.1 Å². The number of carbonyl (C=O) groups excluding carboxylic acids is 1. The fourth-order valence-corrected chi connectivity index (χ4v) is 2.68. The molecule has 0 spiro atoms. The highest BCUT2D eigenvalue weighted by Crippen LogP contribution is 2.28. The van der Waals surface area contributed by atoms with E-state index in [2.05, 4.69) is 10.2 Å². The molecule has 1 N–H and O–H groups in total. The molecule has 2 aromatic rings. The number of nitrogens with one attached hydrogen (secondary N) is 1. The molecule has 0 aromatic heterocycles. The highest BCUT2D eigenvalue weighted by Gasteiger charge is 2.20. The first-order valence-corrected chi connectivity index (χ1v) is 7.39. The first kappa shape index (κ1) is 15.0. The summed E-state index contributed by atoms with van der Waals surface area (Å²) < 4.78 is 13.3. The van der Waals surface area contributed by atoms with Crippen molar-refractivity contribution in [3.63, 3.8) is 0 Å². The summed E-state index contributed by atoms with van der Waals surface area (Å²) in [6, 6.07) is 13.5. The lowest BCUT2D eigenvalue weighted by molar-refractivity contribution is 0.0948. The number of fused-ring (bicyclic) bond motifs is 1. The van der Waals surface area contributed by atoms with Crippen molar-refractivity contribution in [2.75, 3.05) is 4.90 Å². The second kappa shape index (κ2) is 6.09. The molecule has 116 valence electrons. The molecule has 0 saturated carbocycles. The smallest absolute Gasteiger partial charge is 0.252 e. The fourth-order valence-electron chi connectivity index (χ4n) is 2.68. The van der Waals surface area contributed by atoms with Crippen LogP contribution in [0.3, 0.4) is 0 Å². The van der Waals surface area contributed by atoms with E-state index in [0.29, 0.717) is 12.1 Å². The van der Waals surface area contributed by atoms with Crippen LogP contribution < -0.4 is 10.2 Å². The van der Waals surface area contributed by atoms with Gasteiger partial charge in [-0.1, -0.05) is 6.07 Å². The van der Waals surface area contributed by atoms with E-state index in [9.17, 15) is 9.18 Å². The highest BCUT2D eigenvalue weighted by atomic mass is 19.1. The van der Waals surface area contributed by atoms with Crippen molar-refractivity contribution in [3.8, 4) is 6.07 Å². The number of amides is 1. The van der Waals surface area contributed by atoms with Crippen molar-refractivity contribution in [2.45, 2.75) is 26.1 Å². The third kappa shape index (κ3) is 3.16. The number of halogens is 1. The second-order valence-corrected chi connectivity index (χ2v) is 5.64.